The third-order valence-corrected chi connectivity index (χ3v) is 8.17. The molecule has 3 aromatic rings. The Hall–Kier alpha value is -5.07. The molecular formula is C42H58N4O8. The molecule has 0 fully saturated rings. The summed E-state index contributed by atoms with van der Waals surface area (Å²) in [4.78, 5) is 43.0. The van der Waals surface area contributed by atoms with E-state index in [1.807, 2.05) is 101 Å². The minimum Gasteiger partial charge on any atom is -0.493 e. The molecule has 12 nitrogen and oxygen atoms in total. The molecule has 2 unspecified atom stereocenters. The van der Waals surface area contributed by atoms with Crippen LogP contribution in [0.25, 0.3) is 0 Å². The first-order valence-electron chi connectivity index (χ1n) is 18.4. The number of carbonyl (C=O) groups excluding carboxylic acids is 3. The van der Waals surface area contributed by atoms with Crippen LogP contribution >= 0.6 is 0 Å². The Morgan fingerprint density at radius 1 is 0.852 bits per heavy atom. The lowest BCUT2D eigenvalue weighted by Gasteiger charge is -2.32. The number of ether oxygens (including phenoxy) is 5. The van der Waals surface area contributed by atoms with Crippen molar-refractivity contribution in [3.8, 4) is 17.2 Å². The van der Waals surface area contributed by atoms with Crippen LogP contribution in [-0.4, -0.2) is 80.7 Å². The zero-order valence-electron chi connectivity index (χ0n) is 32.8. The number of carbonyl (C=O) groups is 3. The van der Waals surface area contributed by atoms with Crippen molar-refractivity contribution in [1.82, 2.24) is 20.9 Å². The van der Waals surface area contributed by atoms with Gasteiger partial charge in [-0.1, -0.05) is 60.7 Å². The van der Waals surface area contributed by atoms with Gasteiger partial charge in [-0.05, 0) is 70.4 Å². The summed E-state index contributed by atoms with van der Waals surface area (Å²) >= 11 is 0. The van der Waals surface area contributed by atoms with E-state index in [2.05, 4.69) is 22.5 Å². The smallest absolute Gasteiger partial charge is 0.315 e. The maximum atomic E-state index is 14.8. The summed E-state index contributed by atoms with van der Waals surface area (Å²) in [6.07, 6.45) is 1.35. The van der Waals surface area contributed by atoms with Gasteiger partial charge in [-0.2, -0.15) is 0 Å². The van der Waals surface area contributed by atoms with Gasteiger partial charge in [0, 0.05) is 50.8 Å². The number of urea groups is 1. The van der Waals surface area contributed by atoms with Gasteiger partial charge < -0.3 is 44.5 Å². The first-order chi connectivity index (χ1) is 25.9. The van der Waals surface area contributed by atoms with Crippen LogP contribution in [0.5, 0.6) is 17.2 Å². The fourth-order valence-corrected chi connectivity index (χ4v) is 5.81. The van der Waals surface area contributed by atoms with Crippen molar-refractivity contribution >= 4 is 17.8 Å². The molecular weight excluding hydrogens is 688 g/mol. The summed E-state index contributed by atoms with van der Waals surface area (Å²) in [5, 5.41) is 8.70. The first kappa shape index (κ1) is 43.3. The molecule has 2 atom stereocenters. The summed E-state index contributed by atoms with van der Waals surface area (Å²) in [5.74, 6) is 0.915. The molecule has 0 aliphatic carbocycles. The summed E-state index contributed by atoms with van der Waals surface area (Å²) in [6.45, 7) is 14.7. The van der Waals surface area contributed by atoms with Crippen LogP contribution in [0, 0.1) is 0 Å². The standard InChI is InChI=1S/C42H58N4O8/c1-9-16-33(44-41(49)43-27-31-17-13-12-14-18-31)26-37(47)45-35(25-30-21-23-34(24-22-30)54-42(4,5)6)40(48)46(29-38(52-10-2)53-11-3)28-32-19-15-20-36(50-7)39(32)51-8/h9,12-15,17-24,33,35,38H,1,10-11,16,25-29H2,2-8H3,(H,45,47)(H2,43,44,49). The van der Waals surface area contributed by atoms with Crippen molar-refractivity contribution in [2.24, 2.45) is 0 Å². The zero-order valence-corrected chi connectivity index (χ0v) is 32.8. The molecule has 294 valence electrons. The van der Waals surface area contributed by atoms with E-state index in [1.54, 1.807) is 31.3 Å². The molecule has 3 aromatic carbocycles. The maximum Gasteiger partial charge on any atom is 0.315 e. The fourth-order valence-electron chi connectivity index (χ4n) is 5.81. The second-order valence-electron chi connectivity index (χ2n) is 13.6. The normalized spacial score (nSPS) is 12.3. The molecule has 0 aliphatic heterocycles. The van der Waals surface area contributed by atoms with Gasteiger partial charge in [0.15, 0.2) is 17.8 Å². The molecule has 0 heterocycles. The van der Waals surface area contributed by atoms with Gasteiger partial charge in [0.25, 0.3) is 0 Å². The summed E-state index contributed by atoms with van der Waals surface area (Å²) in [5.41, 5.74) is 2.06. The lowest BCUT2D eigenvalue weighted by Crippen LogP contribution is -2.52. The molecule has 0 saturated carbocycles. The number of methoxy groups -OCH3 is 2. The maximum absolute atomic E-state index is 14.8. The molecule has 0 aliphatic rings. The predicted molar refractivity (Wildman–Crippen MR) is 209 cm³/mol. The SMILES string of the molecule is C=CCC(CC(=O)NC(Cc1ccc(OC(C)(C)C)cc1)C(=O)N(Cc1cccc(OC)c1OC)CC(OCC)OCC)NC(=O)NCc1ccccc1. The quantitative estimate of drug-likeness (QED) is 0.0821. The summed E-state index contributed by atoms with van der Waals surface area (Å²) in [7, 11) is 3.10. The number of hydrogen-bond donors (Lipinski definition) is 3. The Labute approximate surface area is 320 Å². The van der Waals surface area contributed by atoms with Crippen LogP contribution in [0.3, 0.4) is 0 Å². The van der Waals surface area contributed by atoms with Crippen LogP contribution in [0.2, 0.25) is 0 Å². The van der Waals surface area contributed by atoms with Crippen LogP contribution in [0.15, 0.2) is 85.5 Å². The van der Waals surface area contributed by atoms with Crippen molar-refractivity contribution in [3.05, 3.63) is 102 Å². The Kier molecular flexibility index (Phi) is 17.8. The van der Waals surface area contributed by atoms with Crippen molar-refractivity contribution in [3.63, 3.8) is 0 Å². The highest BCUT2D eigenvalue weighted by atomic mass is 16.7. The van der Waals surface area contributed by atoms with E-state index in [0.29, 0.717) is 49.0 Å². The van der Waals surface area contributed by atoms with Gasteiger partial charge in [-0.25, -0.2) is 4.79 Å². The third-order valence-electron chi connectivity index (χ3n) is 8.17. The Bertz CT molecular complexity index is 1600. The topological polar surface area (TPSA) is 137 Å². The molecule has 0 radical (unpaired) electrons. The van der Waals surface area contributed by atoms with E-state index in [0.717, 1.165) is 11.1 Å². The summed E-state index contributed by atoms with van der Waals surface area (Å²) in [6, 6.07) is 20.5. The number of nitrogens with one attached hydrogen (secondary N) is 3. The lowest BCUT2D eigenvalue weighted by molar-refractivity contribution is -0.161. The molecule has 0 saturated heterocycles. The predicted octanol–water partition coefficient (Wildman–Crippen LogP) is 6.17. The minimum absolute atomic E-state index is 0.0772. The first-order valence-corrected chi connectivity index (χ1v) is 18.4. The van der Waals surface area contributed by atoms with E-state index < -0.39 is 30.3 Å². The third kappa shape index (κ3) is 14.7. The van der Waals surface area contributed by atoms with E-state index in [9.17, 15) is 14.4 Å². The van der Waals surface area contributed by atoms with Crippen LogP contribution in [0.1, 0.15) is 64.2 Å². The average Bonchev–Trinajstić information content (AvgIpc) is 3.13. The summed E-state index contributed by atoms with van der Waals surface area (Å²) < 4.78 is 29.0. The Morgan fingerprint density at radius 3 is 2.13 bits per heavy atom. The molecule has 0 bridgehead atoms. The van der Waals surface area contributed by atoms with E-state index in [4.69, 9.17) is 23.7 Å². The highest BCUT2D eigenvalue weighted by Crippen LogP contribution is 2.32. The van der Waals surface area contributed by atoms with Crippen LogP contribution < -0.4 is 30.2 Å². The molecule has 12 heteroatoms. The molecule has 0 spiro atoms. The molecule has 54 heavy (non-hydrogen) atoms. The highest BCUT2D eigenvalue weighted by molar-refractivity contribution is 5.88. The lowest BCUT2D eigenvalue weighted by atomic mass is 10.0. The van der Waals surface area contributed by atoms with Gasteiger partial charge in [0.05, 0.1) is 20.8 Å². The number of amides is 4. The van der Waals surface area contributed by atoms with Crippen molar-refractivity contribution < 1.29 is 38.1 Å². The number of para-hydroxylation sites is 1. The van der Waals surface area contributed by atoms with Gasteiger partial charge in [-0.15, -0.1) is 6.58 Å². The van der Waals surface area contributed by atoms with Crippen molar-refractivity contribution in [2.45, 2.75) is 90.9 Å². The number of nitrogens with zero attached hydrogens (tertiary/aromatic N) is 1. The highest BCUT2D eigenvalue weighted by Gasteiger charge is 2.31. The Balaban J connectivity index is 1.92. The van der Waals surface area contributed by atoms with Gasteiger partial charge >= 0.3 is 6.03 Å². The van der Waals surface area contributed by atoms with Gasteiger partial charge in [0.2, 0.25) is 11.8 Å². The largest absolute Gasteiger partial charge is 0.493 e. The Morgan fingerprint density at radius 2 is 1.54 bits per heavy atom. The van der Waals surface area contributed by atoms with Gasteiger partial charge in [0.1, 0.15) is 17.4 Å². The molecule has 3 N–H and O–H groups in total. The van der Waals surface area contributed by atoms with Crippen LogP contribution in [0.4, 0.5) is 4.79 Å². The van der Waals surface area contributed by atoms with Crippen LogP contribution in [-0.2, 0) is 38.6 Å². The molecule has 4 amide bonds. The molecule has 0 aromatic heterocycles. The van der Waals surface area contributed by atoms with E-state index in [1.165, 1.54) is 0 Å². The number of hydrogen-bond acceptors (Lipinski definition) is 8. The van der Waals surface area contributed by atoms with Crippen molar-refractivity contribution in [1.29, 1.82) is 0 Å². The average molecular weight is 747 g/mol. The monoisotopic (exact) mass is 746 g/mol. The second kappa shape index (κ2) is 22.2. The van der Waals surface area contributed by atoms with Gasteiger partial charge in [-0.3, -0.25) is 9.59 Å². The molecule has 3 rings (SSSR count). The minimum atomic E-state index is -0.997. The number of rotatable bonds is 22. The zero-order chi connectivity index (χ0) is 39.5. The second-order valence-corrected chi connectivity index (χ2v) is 13.6. The van der Waals surface area contributed by atoms with Crippen molar-refractivity contribution in [2.75, 3.05) is 34.0 Å². The van der Waals surface area contributed by atoms with E-state index in [-0.39, 0.29) is 37.4 Å². The number of benzene rings is 3. The fraction of sp³-hybridized carbons (Fsp3) is 0.452. The van der Waals surface area contributed by atoms with E-state index >= 15 is 0 Å².